The van der Waals surface area contributed by atoms with E-state index >= 15 is 0 Å². The molecular formula is C23H29NO4. The largest absolute Gasteiger partial charge is 0.353 e. The zero-order valence-corrected chi connectivity index (χ0v) is 16.3. The van der Waals surface area contributed by atoms with Gasteiger partial charge in [-0.2, -0.15) is 0 Å². The van der Waals surface area contributed by atoms with E-state index in [-0.39, 0.29) is 12.6 Å². The van der Waals surface area contributed by atoms with E-state index in [1.54, 1.807) is 0 Å². The van der Waals surface area contributed by atoms with Crippen LogP contribution in [0.4, 0.5) is 0 Å². The summed E-state index contributed by atoms with van der Waals surface area (Å²) in [5, 5.41) is 0. The van der Waals surface area contributed by atoms with Gasteiger partial charge in [-0.15, -0.1) is 0 Å². The van der Waals surface area contributed by atoms with E-state index in [1.807, 2.05) is 24.4 Å². The molecule has 5 heteroatoms. The van der Waals surface area contributed by atoms with Crippen LogP contribution in [0.5, 0.6) is 0 Å². The van der Waals surface area contributed by atoms with Crippen LogP contribution in [0.25, 0.3) is 11.3 Å². The van der Waals surface area contributed by atoms with Gasteiger partial charge in [0.15, 0.2) is 12.6 Å². The molecule has 0 amide bonds. The highest BCUT2D eigenvalue weighted by Crippen LogP contribution is 2.24. The number of rotatable bonds is 7. The zero-order valence-electron chi connectivity index (χ0n) is 16.3. The van der Waals surface area contributed by atoms with Gasteiger partial charge in [0.1, 0.15) is 0 Å². The van der Waals surface area contributed by atoms with Crippen molar-refractivity contribution in [2.24, 2.45) is 0 Å². The minimum absolute atomic E-state index is 0.0948. The van der Waals surface area contributed by atoms with Crippen molar-refractivity contribution in [3.05, 3.63) is 53.7 Å². The summed E-state index contributed by atoms with van der Waals surface area (Å²) in [6.45, 7) is 2.63. The number of pyridine rings is 1. The van der Waals surface area contributed by atoms with Gasteiger partial charge in [0.05, 0.1) is 18.9 Å². The maximum atomic E-state index is 6.00. The fourth-order valence-electron chi connectivity index (χ4n) is 3.67. The lowest BCUT2D eigenvalue weighted by Gasteiger charge is -2.24. The third-order valence-corrected chi connectivity index (χ3v) is 5.16. The molecule has 2 fully saturated rings. The number of aromatic nitrogens is 1. The highest BCUT2D eigenvalue weighted by Gasteiger charge is 2.16. The molecule has 0 radical (unpaired) electrons. The first-order chi connectivity index (χ1) is 13.9. The molecule has 0 unspecified atom stereocenters. The minimum atomic E-state index is -0.0948. The van der Waals surface area contributed by atoms with E-state index in [0.29, 0.717) is 13.2 Å². The van der Waals surface area contributed by atoms with Crippen molar-refractivity contribution in [1.82, 2.24) is 4.98 Å². The smallest absolute Gasteiger partial charge is 0.158 e. The van der Waals surface area contributed by atoms with Crippen LogP contribution < -0.4 is 0 Å². The second-order valence-electron chi connectivity index (χ2n) is 7.47. The minimum Gasteiger partial charge on any atom is -0.353 e. The second kappa shape index (κ2) is 10.1. The number of hydrogen-bond donors (Lipinski definition) is 0. The average molecular weight is 383 g/mol. The number of ether oxygens (including phenoxy) is 4. The number of benzene rings is 1. The first-order valence-corrected chi connectivity index (χ1v) is 10.4. The summed E-state index contributed by atoms with van der Waals surface area (Å²) in [5.74, 6) is 0. The molecule has 4 rings (SSSR count). The fourth-order valence-corrected chi connectivity index (χ4v) is 3.67. The lowest BCUT2D eigenvalue weighted by Crippen LogP contribution is -2.22. The van der Waals surface area contributed by atoms with E-state index in [9.17, 15) is 0 Å². The summed E-state index contributed by atoms with van der Waals surface area (Å²) >= 11 is 0. The molecule has 2 atom stereocenters. The maximum Gasteiger partial charge on any atom is 0.158 e. The molecule has 28 heavy (non-hydrogen) atoms. The molecule has 0 spiro atoms. The molecular weight excluding hydrogens is 354 g/mol. The molecule has 1 aromatic heterocycles. The SMILES string of the molecule is c1ccc(-c2cc(CO[C@@H]3CCCCO3)cc(CO[C@@H]3CCCCO3)c2)nc1. The van der Waals surface area contributed by atoms with Crippen molar-refractivity contribution >= 4 is 0 Å². The van der Waals surface area contributed by atoms with Crippen molar-refractivity contribution in [2.45, 2.75) is 64.3 Å². The van der Waals surface area contributed by atoms with Crippen LogP contribution in [0.15, 0.2) is 42.6 Å². The Morgan fingerprint density at radius 3 is 1.96 bits per heavy atom. The molecule has 1 aromatic carbocycles. The Balaban J connectivity index is 1.47. The van der Waals surface area contributed by atoms with E-state index in [0.717, 1.165) is 61.3 Å². The van der Waals surface area contributed by atoms with E-state index in [4.69, 9.17) is 18.9 Å². The normalized spacial score (nSPS) is 22.9. The maximum absolute atomic E-state index is 6.00. The van der Waals surface area contributed by atoms with Crippen LogP contribution in [0.2, 0.25) is 0 Å². The Morgan fingerprint density at radius 2 is 1.46 bits per heavy atom. The monoisotopic (exact) mass is 383 g/mol. The van der Waals surface area contributed by atoms with Gasteiger partial charge in [-0.05, 0) is 73.9 Å². The van der Waals surface area contributed by atoms with Crippen LogP contribution in [-0.2, 0) is 32.2 Å². The van der Waals surface area contributed by atoms with E-state index < -0.39 is 0 Å². The van der Waals surface area contributed by atoms with Crippen LogP contribution in [0.3, 0.4) is 0 Å². The molecule has 0 N–H and O–H groups in total. The Hall–Kier alpha value is -1.79. The molecule has 0 bridgehead atoms. The topological polar surface area (TPSA) is 49.8 Å². The molecule has 150 valence electrons. The predicted molar refractivity (Wildman–Crippen MR) is 106 cm³/mol. The van der Waals surface area contributed by atoms with Gasteiger partial charge < -0.3 is 18.9 Å². The molecule has 2 aliphatic rings. The summed E-state index contributed by atoms with van der Waals surface area (Å²) in [6, 6.07) is 12.4. The van der Waals surface area contributed by atoms with Crippen molar-refractivity contribution in [2.75, 3.05) is 13.2 Å². The van der Waals surface area contributed by atoms with Crippen LogP contribution in [0, 0.1) is 0 Å². The molecule has 0 saturated carbocycles. The van der Waals surface area contributed by atoms with Crippen LogP contribution >= 0.6 is 0 Å². The summed E-state index contributed by atoms with van der Waals surface area (Å²) in [6.07, 6.45) is 8.15. The highest BCUT2D eigenvalue weighted by molar-refractivity contribution is 5.61. The Kier molecular flexibility index (Phi) is 7.06. The van der Waals surface area contributed by atoms with Gasteiger partial charge >= 0.3 is 0 Å². The van der Waals surface area contributed by atoms with Crippen molar-refractivity contribution in [3.63, 3.8) is 0 Å². The molecule has 5 nitrogen and oxygen atoms in total. The van der Waals surface area contributed by atoms with Crippen LogP contribution in [-0.4, -0.2) is 30.8 Å². The highest BCUT2D eigenvalue weighted by atomic mass is 16.7. The Morgan fingerprint density at radius 1 is 0.821 bits per heavy atom. The summed E-state index contributed by atoms with van der Waals surface area (Å²) in [4.78, 5) is 4.50. The van der Waals surface area contributed by atoms with Gasteiger partial charge in [0, 0.05) is 25.0 Å². The second-order valence-corrected chi connectivity index (χ2v) is 7.47. The predicted octanol–water partition coefficient (Wildman–Crippen LogP) is 4.84. The zero-order chi connectivity index (χ0) is 19.0. The number of hydrogen-bond acceptors (Lipinski definition) is 5. The quantitative estimate of drug-likeness (QED) is 0.685. The van der Waals surface area contributed by atoms with Crippen molar-refractivity contribution in [3.8, 4) is 11.3 Å². The summed E-state index contributed by atoms with van der Waals surface area (Å²) in [5.41, 5.74) is 4.25. The third-order valence-electron chi connectivity index (χ3n) is 5.16. The Labute approximate surface area is 167 Å². The van der Waals surface area contributed by atoms with E-state index in [1.165, 1.54) is 12.8 Å². The van der Waals surface area contributed by atoms with Crippen molar-refractivity contribution in [1.29, 1.82) is 0 Å². The lowest BCUT2D eigenvalue weighted by atomic mass is 10.0. The standard InChI is InChI=1S/C23H29NO4/c1-4-10-24-21(7-1)20-14-18(16-27-22-8-2-5-11-25-22)13-19(15-20)17-28-23-9-3-6-12-26-23/h1,4,7,10,13-15,22-23H,2-3,5-6,8-9,11-12,16-17H2/t22-,23-/m1/s1. The van der Waals surface area contributed by atoms with Gasteiger partial charge in [-0.1, -0.05) is 12.1 Å². The van der Waals surface area contributed by atoms with Crippen molar-refractivity contribution < 1.29 is 18.9 Å². The first-order valence-electron chi connectivity index (χ1n) is 10.4. The first kappa shape index (κ1) is 19.5. The number of nitrogens with zero attached hydrogens (tertiary/aromatic N) is 1. The summed E-state index contributed by atoms with van der Waals surface area (Å²) < 4.78 is 23.4. The lowest BCUT2D eigenvalue weighted by molar-refractivity contribution is -0.169. The fraction of sp³-hybridized carbons (Fsp3) is 0.522. The van der Waals surface area contributed by atoms with Gasteiger partial charge in [-0.25, -0.2) is 0 Å². The molecule has 2 aliphatic heterocycles. The van der Waals surface area contributed by atoms with E-state index in [2.05, 4.69) is 23.2 Å². The third kappa shape index (κ3) is 5.61. The molecule has 0 aliphatic carbocycles. The van der Waals surface area contributed by atoms with Gasteiger partial charge in [-0.3, -0.25) is 4.98 Å². The van der Waals surface area contributed by atoms with Gasteiger partial charge in [0.25, 0.3) is 0 Å². The molecule has 2 saturated heterocycles. The molecule has 3 heterocycles. The molecule has 2 aromatic rings. The van der Waals surface area contributed by atoms with Gasteiger partial charge in [0.2, 0.25) is 0 Å². The summed E-state index contributed by atoms with van der Waals surface area (Å²) in [7, 11) is 0. The average Bonchev–Trinajstić information content (AvgIpc) is 2.78. The Bertz CT molecular complexity index is 684. The van der Waals surface area contributed by atoms with Crippen LogP contribution in [0.1, 0.15) is 49.7 Å².